The van der Waals surface area contributed by atoms with Gasteiger partial charge in [0.2, 0.25) is 0 Å². The van der Waals surface area contributed by atoms with Gasteiger partial charge in [-0.2, -0.15) is 0 Å². The predicted molar refractivity (Wildman–Crippen MR) is 66.1 cm³/mol. The number of carbonyl (C=O) groups excluding carboxylic acids is 1. The van der Waals surface area contributed by atoms with Crippen molar-refractivity contribution >= 4 is 5.78 Å². The SMILES string of the molecule is Cc1ccn(CC(=O)c2cc(F)ccc2F)c(=O)c1. The Hall–Kier alpha value is -2.30. The highest BCUT2D eigenvalue weighted by atomic mass is 19.1. The highest BCUT2D eigenvalue weighted by Gasteiger charge is 2.13. The van der Waals surface area contributed by atoms with Crippen molar-refractivity contribution < 1.29 is 13.6 Å². The number of pyridine rings is 1. The van der Waals surface area contributed by atoms with E-state index in [1.54, 1.807) is 13.0 Å². The number of nitrogens with zero attached hydrogens (tertiary/aromatic N) is 1. The highest BCUT2D eigenvalue weighted by Crippen LogP contribution is 2.11. The molecule has 0 radical (unpaired) electrons. The van der Waals surface area contributed by atoms with Gasteiger partial charge < -0.3 is 4.57 Å². The normalized spacial score (nSPS) is 10.5. The van der Waals surface area contributed by atoms with E-state index >= 15 is 0 Å². The van der Waals surface area contributed by atoms with Gasteiger partial charge in [0, 0.05) is 12.3 Å². The Morgan fingerprint density at radius 3 is 2.63 bits per heavy atom. The number of benzene rings is 1. The first-order chi connectivity index (χ1) is 8.97. The van der Waals surface area contributed by atoms with Crippen LogP contribution in [0.1, 0.15) is 15.9 Å². The van der Waals surface area contributed by atoms with E-state index in [0.29, 0.717) is 0 Å². The lowest BCUT2D eigenvalue weighted by molar-refractivity contribution is 0.0966. The molecule has 0 spiro atoms. The molecule has 2 rings (SSSR count). The molecule has 0 atom stereocenters. The van der Waals surface area contributed by atoms with Crippen LogP contribution in [0.2, 0.25) is 0 Å². The summed E-state index contributed by atoms with van der Waals surface area (Å²) in [6.07, 6.45) is 1.45. The third-order valence-electron chi connectivity index (χ3n) is 2.69. The van der Waals surface area contributed by atoms with Crippen LogP contribution < -0.4 is 5.56 Å². The van der Waals surface area contributed by atoms with Crippen LogP contribution in [0.4, 0.5) is 8.78 Å². The van der Waals surface area contributed by atoms with Crippen molar-refractivity contribution in [1.82, 2.24) is 4.57 Å². The highest BCUT2D eigenvalue weighted by molar-refractivity contribution is 5.96. The quantitative estimate of drug-likeness (QED) is 0.797. The van der Waals surface area contributed by atoms with Crippen LogP contribution in [-0.4, -0.2) is 10.4 Å². The maximum Gasteiger partial charge on any atom is 0.251 e. The number of hydrogen-bond acceptors (Lipinski definition) is 2. The van der Waals surface area contributed by atoms with Crippen LogP contribution in [-0.2, 0) is 6.54 Å². The fraction of sp³-hybridized carbons (Fsp3) is 0.143. The van der Waals surface area contributed by atoms with E-state index in [1.807, 2.05) is 0 Å². The molecule has 3 nitrogen and oxygen atoms in total. The Morgan fingerprint density at radius 1 is 1.21 bits per heavy atom. The topological polar surface area (TPSA) is 39.1 Å². The summed E-state index contributed by atoms with van der Waals surface area (Å²) < 4.78 is 27.6. The van der Waals surface area contributed by atoms with Crippen molar-refractivity contribution in [2.45, 2.75) is 13.5 Å². The third kappa shape index (κ3) is 2.93. The molecule has 0 amide bonds. The maximum atomic E-state index is 13.4. The minimum absolute atomic E-state index is 0.320. The second kappa shape index (κ2) is 5.14. The lowest BCUT2D eigenvalue weighted by Crippen LogP contribution is -2.23. The average Bonchev–Trinajstić information content (AvgIpc) is 2.35. The molecular weight excluding hydrogens is 252 g/mol. The van der Waals surface area contributed by atoms with E-state index in [-0.39, 0.29) is 17.7 Å². The summed E-state index contributed by atoms with van der Waals surface area (Å²) in [5.74, 6) is -2.14. The first kappa shape index (κ1) is 13.1. The van der Waals surface area contributed by atoms with Crippen LogP contribution >= 0.6 is 0 Å². The van der Waals surface area contributed by atoms with E-state index in [4.69, 9.17) is 0 Å². The molecule has 0 unspecified atom stereocenters. The fourth-order valence-electron chi connectivity index (χ4n) is 1.69. The summed E-state index contributed by atoms with van der Waals surface area (Å²) in [6.45, 7) is 1.43. The van der Waals surface area contributed by atoms with Gasteiger partial charge >= 0.3 is 0 Å². The van der Waals surface area contributed by atoms with Crippen molar-refractivity contribution in [3.63, 3.8) is 0 Å². The number of carbonyl (C=O) groups is 1. The summed E-state index contributed by atoms with van der Waals surface area (Å²) >= 11 is 0. The number of aromatic nitrogens is 1. The van der Waals surface area contributed by atoms with Crippen LogP contribution in [0.5, 0.6) is 0 Å². The molecular formula is C14H11F2NO2. The Balaban J connectivity index is 2.31. The second-order valence-electron chi connectivity index (χ2n) is 4.22. The van der Waals surface area contributed by atoms with Crippen LogP contribution in [0.3, 0.4) is 0 Å². The van der Waals surface area contributed by atoms with Crippen molar-refractivity contribution in [2.75, 3.05) is 0 Å². The standard InChI is InChI=1S/C14H11F2NO2/c1-9-4-5-17(14(19)6-9)8-13(18)11-7-10(15)2-3-12(11)16/h2-7H,8H2,1H3. The average molecular weight is 263 g/mol. The molecule has 0 N–H and O–H groups in total. The van der Waals surface area contributed by atoms with Gasteiger partial charge in [-0.05, 0) is 36.8 Å². The van der Waals surface area contributed by atoms with Gasteiger partial charge in [0.15, 0.2) is 5.78 Å². The smallest absolute Gasteiger partial charge is 0.251 e. The van der Waals surface area contributed by atoms with Crippen LogP contribution in [0.25, 0.3) is 0 Å². The molecule has 0 fully saturated rings. The number of rotatable bonds is 3. The first-order valence-electron chi connectivity index (χ1n) is 5.63. The number of Topliss-reactive ketones (excluding diaryl/α,β-unsaturated/α-hetero) is 1. The molecule has 1 heterocycles. The summed E-state index contributed by atoms with van der Waals surface area (Å²) in [5, 5.41) is 0. The van der Waals surface area contributed by atoms with Crippen molar-refractivity contribution in [1.29, 1.82) is 0 Å². The molecule has 5 heteroatoms. The van der Waals surface area contributed by atoms with Gasteiger partial charge in [-0.25, -0.2) is 8.78 Å². The summed E-state index contributed by atoms with van der Waals surface area (Å²) in [5.41, 5.74) is 0.0586. The molecule has 1 aromatic carbocycles. The number of ketones is 1. The summed E-state index contributed by atoms with van der Waals surface area (Å²) in [6, 6.07) is 5.69. The van der Waals surface area contributed by atoms with Crippen molar-refractivity contribution in [2.24, 2.45) is 0 Å². The molecule has 0 saturated carbocycles. The Bertz CT molecular complexity index is 692. The monoisotopic (exact) mass is 263 g/mol. The third-order valence-corrected chi connectivity index (χ3v) is 2.69. The van der Waals surface area contributed by atoms with Gasteiger partial charge in [0.05, 0.1) is 12.1 Å². The van der Waals surface area contributed by atoms with Gasteiger partial charge in [-0.15, -0.1) is 0 Å². The molecule has 0 saturated heterocycles. The molecule has 1 aromatic heterocycles. The molecule has 2 aromatic rings. The largest absolute Gasteiger partial charge is 0.308 e. The number of halogens is 2. The molecule has 0 aliphatic rings. The fourth-order valence-corrected chi connectivity index (χ4v) is 1.69. The zero-order valence-corrected chi connectivity index (χ0v) is 10.2. The van der Waals surface area contributed by atoms with Crippen LogP contribution in [0, 0.1) is 18.6 Å². The van der Waals surface area contributed by atoms with Gasteiger partial charge in [0.1, 0.15) is 11.6 Å². The zero-order chi connectivity index (χ0) is 14.0. The van der Waals surface area contributed by atoms with E-state index in [9.17, 15) is 18.4 Å². The molecule has 98 valence electrons. The summed E-state index contributed by atoms with van der Waals surface area (Å²) in [4.78, 5) is 23.5. The van der Waals surface area contributed by atoms with E-state index in [1.165, 1.54) is 12.3 Å². The number of aryl methyl sites for hydroxylation is 1. The zero-order valence-electron chi connectivity index (χ0n) is 10.2. The minimum atomic E-state index is -0.799. The van der Waals surface area contributed by atoms with Gasteiger partial charge in [0.25, 0.3) is 5.56 Å². The Morgan fingerprint density at radius 2 is 1.95 bits per heavy atom. The summed E-state index contributed by atoms with van der Waals surface area (Å²) in [7, 11) is 0. The molecule has 0 aliphatic carbocycles. The number of hydrogen-bond donors (Lipinski definition) is 0. The van der Waals surface area contributed by atoms with Crippen molar-refractivity contribution in [3.05, 3.63) is 69.6 Å². The maximum absolute atomic E-state index is 13.4. The van der Waals surface area contributed by atoms with Crippen molar-refractivity contribution in [3.8, 4) is 0 Å². The van der Waals surface area contributed by atoms with Crippen LogP contribution in [0.15, 0.2) is 41.3 Å². The van der Waals surface area contributed by atoms with E-state index < -0.39 is 17.4 Å². The molecule has 19 heavy (non-hydrogen) atoms. The lowest BCUT2D eigenvalue weighted by atomic mass is 10.1. The lowest BCUT2D eigenvalue weighted by Gasteiger charge is -2.06. The molecule has 0 aliphatic heterocycles. The van der Waals surface area contributed by atoms with E-state index in [2.05, 4.69) is 0 Å². The van der Waals surface area contributed by atoms with Gasteiger partial charge in [-0.3, -0.25) is 9.59 Å². The predicted octanol–water partition coefficient (Wildman–Crippen LogP) is 2.32. The minimum Gasteiger partial charge on any atom is -0.308 e. The Labute approximate surface area is 108 Å². The van der Waals surface area contributed by atoms with E-state index in [0.717, 1.165) is 28.3 Å². The first-order valence-corrected chi connectivity index (χ1v) is 5.63. The second-order valence-corrected chi connectivity index (χ2v) is 4.22. The Kier molecular flexibility index (Phi) is 3.55. The molecule has 0 bridgehead atoms. The van der Waals surface area contributed by atoms with Gasteiger partial charge in [-0.1, -0.05) is 0 Å².